The molecule has 1 rings (SSSR count). The van der Waals surface area contributed by atoms with E-state index in [2.05, 4.69) is 5.32 Å². The summed E-state index contributed by atoms with van der Waals surface area (Å²) in [4.78, 5) is 0. The highest BCUT2D eigenvalue weighted by Crippen LogP contribution is 2.31. The molecule has 0 atom stereocenters. The number of nitrogens with zero attached hydrogens (tertiary/aromatic N) is 1. The van der Waals surface area contributed by atoms with Crippen molar-refractivity contribution in [2.75, 3.05) is 31.7 Å². The maximum atomic E-state index is 12.5. The van der Waals surface area contributed by atoms with E-state index in [0.717, 1.165) is 12.1 Å². The second kappa shape index (κ2) is 7.72. The summed E-state index contributed by atoms with van der Waals surface area (Å²) in [6, 6.07) is 4.75. The first-order valence-corrected chi connectivity index (χ1v) is 6.03. The highest BCUT2D eigenvalue weighted by molar-refractivity contribution is 5.58. The first-order valence-electron chi connectivity index (χ1n) is 6.03. The molecule has 0 aromatic heterocycles. The standard InChI is InChI=1S/C13H15F3N2O2/c14-13(15,16)11-2-3-12(10(8-11)9-17)18-4-1-6-20-7-5-19/h2-3,8,18-19H,1,4-7H2. The molecule has 0 amide bonds. The van der Waals surface area contributed by atoms with Crippen LogP contribution in [0, 0.1) is 11.3 Å². The lowest BCUT2D eigenvalue weighted by atomic mass is 10.1. The molecule has 20 heavy (non-hydrogen) atoms. The molecular weight excluding hydrogens is 273 g/mol. The van der Waals surface area contributed by atoms with Crippen LogP contribution in [0.3, 0.4) is 0 Å². The van der Waals surface area contributed by atoms with Gasteiger partial charge in [-0.2, -0.15) is 18.4 Å². The van der Waals surface area contributed by atoms with Crippen LogP contribution < -0.4 is 5.32 Å². The molecule has 0 radical (unpaired) electrons. The van der Waals surface area contributed by atoms with Gasteiger partial charge in [-0.1, -0.05) is 0 Å². The van der Waals surface area contributed by atoms with Crippen LogP contribution >= 0.6 is 0 Å². The zero-order chi connectivity index (χ0) is 15.0. The van der Waals surface area contributed by atoms with Crippen LogP contribution in [0.2, 0.25) is 0 Å². The highest BCUT2D eigenvalue weighted by Gasteiger charge is 2.30. The van der Waals surface area contributed by atoms with Crippen LogP contribution in [0.15, 0.2) is 18.2 Å². The first-order chi connectivity index (χ1) is 9.49. The third kappa shape index (κ3) is 5.07. The summed E-state index contributed by atoms with van der Waals surface area (Å²) in [6.45, 7) is 1.09. The number of hydrogen-bond donors (Lipinski definition) is 2. The van der Waals surface area contributed by atoms with Gasteiger partial charge in [-0.05, 0) is 24.6 Å². The minimum Gasteiger partial charge on any atom is -0.394 e. The van der Waals surface area contributed by atoms with Gasteiger partial charge in [0.1, 0.15) is 6.07 Å². The maximum Gasteiger partial charge on any atom is 0.416 e. The second-order valence-corrected chi connectivity index (χ2v) is 3.99. The van der Waals surface area contributed by atoms with E-state index in [0.29, 0.717) is 25.3 Å². The Labute approximate surface area is 114 Å². The SMILES string of the molecule is N#Cc1cc(C(F)(F)F)ccc1NCCCOCCO. The lowest BCUT2D eigenvalue weighted by Gasteiger charge is -2.11. The number of nitriles is 1. The van der Waals surface area contributed by atoms with Crippen molar-refractivity contribution in [2.45, 2.75) is 12.6 Å². The number of aliphatic hydroxyl groups excluding tert-OH is 1. The summed E-state index contributed by atoms with van der Waals surface area (Å²) in [5.74, 6) is 0. The predicted molar refractivity (Wildman–Crippen MR) is 67.2 cm³/mol. The van der Waals surface area contributed by atoms with E-state index in [1.54, 1.807) is 6.07 Å². The molecule has 0 aliphatic rings. The number of halogens is 3. The van der Waals surface area contributed by atoms with Crippen molar-refractivity contribution in [3.63, 3.8) is 0 Å². The third-order valence-corrected chi connectivity index (χ3v) is 2.48. The molecule has 0 aliphatic carbocycles. The Bertz CT molecular complexity index is 470. The molecule has 7 heteroatoms. The summed E-state index contributed by atoms with van der Waals surface area (Å²) in [5, 5.41) is 20.3. The molecule has 0 heterocycles. The van der Waals surface area contributed by atoms with Gasteiger partial charge in [0.25, 0.3) is 0 Å². The average molecular weight is 288 g/mol. The molecule has 1 aromatic carbocycles. The molecule has 4 nitrogen and oxygen atoms in total. The molecule has 0 saturated heterocycles. The summed E-state index contributed by atoms with van der Waals surface area (Å²) in [5.41, 5.74) is -0.523. The Morgan fingerprint density at radius 2 is 2.05 bits per heavy atom. The van der Waals surface area contributed by atoms with E-state index < -0.39 is 11.7 Å². The quantitative estimate of drug-likeness (QED) is 0.756. The number of anilines is 1. The van der Waals surface area contributed by atoms with E-state index in [4.69, 9.17) is 15.1 Å². The van der Waals surface area contributed by atoms with Crippen LogP contribution in [0.25, 0.3) is 0 Å². The highest BCUT2D eigenvalue weighted by atomic mass is 19.4. The van der Waals surface area contributed by atoms with Gasteiger partial charge in [0, 0.05) is 13.2 Å². The van der Waals surface area contributed by atoms with Gasteiger partial charge in [0.05, 0.1) is 30.0 Å². The largest absolute Gasteiger partial charge is 0.416 e. The minimum atomic E-state index is -4.46. The van der Waals surface area contributed by atoms with Crippen LogP contribution in [0.5, 0.6) is 0 Å². The number of aliphatic hydroxyl groups is 1. The Kier molecular flexibility index (Phi) is 6.28. The molecule has 0 fully saturated rings. The number of rotatable bonds is 7. The molecular formula is C13H15F3N2O2. The molecule has 0 unspecified atom stereocenters. The minimum absolute atomic E-state index is 0.0453. The van der Waals surface area contributed by atoms with Crippen LogP contribution in [0.4, 0.5) is 18.9 Å². The van der Waals surface area contributed by atoms with Crippen molar-refractivity contribution < 1.29 is 23.0 Å². The first kappa shape index (κ1) is 16.3. The van der Waals surface area contributed by atoms with Crippen molar-refractivity contribution in [1.82, 2.24) is 0 Å². The van der Waals surface area contributed by atoms with E-state index in [1.807, 2.05) is 0 Å². The molecule has 2 N–H and O–H groups in total. The summed E-state index contributed by atoms with van der Waals surface area (Å²) in [6.07, 6.45) is -3.84. The Balaban J connectivity index is 2.56. The molecule has 0 bridgehead atoms. The predicted octanol–water partition coefficient (Wildman–Crippen LogP) is 2.39. The molecule has 0 spiro atoms. The number of alkyl halides is 3. The number of ether oxygens (including phenoxy) is 1. The van der Waals surface area contributed by atoms with Crippen molar-refractivity contribution >= 4 is 5.69 Å². The third-order valence-electron chi connectivity index (χ3n) is 2.48. The number of hydrogen-bond acceptors (Lipinski definition) is 4. The fraction of sp³-hybridized carbons (Fsp3) is 0.462. The zero-order valence-corrected chi connectivity index (χ0v) is 10.7. The Hall–Kier alpha value is -1.78. The average Bonchev–Trinajstić information content (AvgIpc) is 2.41. The topological polar surface area (TPSA) is 65.3 Å². The Morgan fingerprint density at radius 3 is 2.65 bits per heavy atom. The molecule has 0 aliphatic heterocycles. The Morgan fingerprint density at radius 1 is 1.30 bits per heavy atom. The van der Waals surface area contributed by atoms with E-state index >= 15 is 0 Å². The van der Waals surface area contributed by atoms with Gasteiger partial charge in [-0.25, -0.2) is 0 Å². The van der Waals surface area contributed by atoms with Gasteiger partial charge in [0.15, 0.2) is 0 Å². The molecule has 1 aromatic rings. The van der Waals surface area contributed by atoms with Crippen LogP contribution in [-0.4, -0.2) is 31.5 Å². The smallest absolute Gasteiger partial charge is 0.394 e. The van der Waals surface area contributed by atoms with Gasteiger partial charge < -0.3 is 15.2 Å². The summed E-state index contributed by atoms with van der Waals surface area (Å²) in [7, 11) is 0. The van der Waals surface area contributed by atoms with E-state index in [1.165, 1.54) is 6.07 Å². The summed E-state index contributed by atoms with van der Waals surface area (Å²) < 4.78 is 42.5. The van der Waals surface area contributed by atoms with E-state index in [9.17, 15) is 13.2 Å². The lowest BCUT2D eigenvalue weighted by Crippen LogP contribution is -2.10. The monoisotopic (exact) mass is 288 g/mol. The van der Waals surface area contributed by atoms with Crippen molar-refractivity contribution in [1.29, 1.82) is 5.26 Å². The fourth-order valence-corrected chi connectivity index (χ4v) is 1.53. The number of nitrogens with one attached hydrogen (secondary N) is 1. The van der Waals surface area contributed by atoms with Crippen LogP contribution in [-0.2, 0) is 10.9 Å². The normalized spacial score (nSPS) is 11.2. The van der Waals surface area contributed by atoms with Gasteiger partial charge in [-0.3, -0.25) is 0 Å². The second-order valence-electron chi connectivity index (χ2n) is 3.99. The lowest BCUT2D eigenvalue weighted by molar-refractivity contribution is -0.137. The van der Waals surface area contributed by atoms with Crippen molar-refractivity contribution in [3.05, 3.63) is 29.3 Å². The fourth-order valence-electron chi connectivity index (χ4n) is 1.53. The number of benzene rings is 1. The van der Waals surface area contributed by atoms with E-state index in [-0.39, 0.29) is 18.8 Å². The van der Waals surface area contributed by atoms with Crippen molar-refractivity contribution in [2.24, 2.45) is 0 Å². The summed E-state index contributed by atoms with van der Waals surface area (Å²) >= 11 is 0. The molecule has 0 saturated carbocycles. The van der Waals surface area contributed by atoms with Gasteiger partial charge in [0.2, 0.25) is 0 Å². The van der Waals surface area contributed by atoms with Crippen LogP contribution in [0.1, 0.15) is 17.5 Å². The zero-order valence-electron chi connectivity index (χ0n) is 10.7. The van der Waals surface area contributed by atoms with Crippen molar-refractivity contribution in [3.8, 4) is 6.07 Å². The molecule has 110 valence electrons. The van der Waals surface area contributed by atoms with Gasteiger partial charge in [-0.15, -0.1) is 0 Å². The van der Waals surface area contributed by atoms with Gasteiger partial charge >= 0.3 is 6.18 Å². The maximum absolute atomic E-state index is 12.5.